The number of rotatable bonds is 13. The minimum atomic E-state index is -1.05. The molecule has 2 aromatic heterocycles. The minimum Gasteiger partial charge on any atom is -0.469 e. The van der Waals surface area contributed by atoms with E-state index in [4.69, 9.17) is 21.4 Å². The molecule has 2 N–H and O–H groups in total. The Morgan fingerprint density at radius 1 is 0.774 bits per heavy atom. The largest absolute Gasteiger partial charge is 0.469 e. The molecule has 7 aromatic rings. The van der Waals surface area contributed by atoms with E-state index in [0.29, 0.717) is 29.6 Å². The zero-order chi connectivity index (χ0) is 37.0. The third-order valence-electron chi connectivity index (χ3n) is 9.32. The van der Waals surface area contributed by atoms with E-state index in [1.54, 1.807) is 19.3 Å². The molecule has 0 aliphatic heterocycles. The van der Waals surface area contributed by atoms with E-state index in [1.165, 1.54) is 18.3 Å². The van der Waals surface area contributed by atoms with E-state index >= 15 is 0 Å². The van der Waals surface area contributed by atoms with E-state index < -0.39 is 35.3 Å². The Labute approximate surface area is 309 Å². The molecule has 53 heavy (non-hydrogen) atoms. The van der Waals surface area contributed by atoms with Crippen LogP contribution >= 0.6 is 11.6 Å². The molecule has 268 valence electrons. The average molecular weight is 734 g/mol. The van der Waals surface area contributed by atoms with Gasteiger partial charge in [0, 0.05) is 17.6 Å². The molecule has 2 heterocycles. The van der Waals surface area contributed by atoms with Crippen molar-refractivity contribution in [2.45, 2.75) is 44.2 Å². The standard InChI is InChI=1S/C42H35ClF3N5O2/c1-27(49-40(52)20-18-28-17-19-36(44)35(43)21-28)34-24-47-41(33-23-38(46)37(45)22-32(33)34)53-25-39-48-26-51(50-39)42(29-11-5-2-6-12-29,30-13-7-3-8-14-30)31-15-9-4-10-16-31/h2-17,19,21-24,26-27,40,49,52H,18,20,25H2,1H3. The zero-order valence-corrected chi connectivity index (χ0v) is 29.4. The van der Waals surface area contributed by atoms with Crippen molar-refractivity contribution in [2.24, 2.45) is 0 Å². The number of fused-ring (bicyclic) bond motifs is 1. The SMILES string of the molecule is CC(NC(O)CCc1ccc(F)c(Cl)c1)c1cnc(OCc2ncn(C(c3ccccc3)(c3ccccc3)c3ccccc3)n2)c2cc(F)c(F)cc12. The maximum absolute atomic E-state index is 14.7. The number of nitrogens with one attached hydrogen (secondary N) is 1. The van der Waals surface area contributed by atoms with Gasteiger partial charge in [0.15, 0.2) is 24.1 Å². The molecule has 11 heteroatoms. The van der Waals surface area contributed by atoms with Crippen LogP contribution < -0.4 is 10.1 Å². The second-order valence-electron chi connectivity index (χ2n) is 12.7. The van der Waals surface area contributed by atoms with Gasteiger partial charge in [-0.1, -0.05) is 109 Å². The highest BCUT2D eigenvalue weighted by atomic mass is 35.5. The first-order chi connectivity index (χ1) is 25.7. The molecule has 5 aromatic carbocycles. The van der Waals surface area contributed by atoms with Gasteiger partial charge in [0.1, 0.15) is 23.9 Å². The summed E-state index contributed by atoms with van der Waals surface area (Å²) < 4.78 is 50.9. The van der Waals surface area contributed by atoms with Gasteiger partial charge in [0.25, 0.3) is 0 Å². The molecule has 7 rings (SSSR count). The first-order valence-corrected chi connectivity index (χ1v) is 17.5. The number of aryl methyl sites for hydroxylation is 1. The lowest BCUT2D eigenvalue weighted by Gasteiger charge is -2.35. The van der Waals surface area contributed by atoms with Crippen LogP contribution in [-0.2, 0) is 18.6 Å². The third-order valence-corrected chi connectivity index (χ3v) is 9.61. The number of pyridine rings is 1. The molecule has 2 atom stereocenters. The fourth-order valence-electron chi connectivity index (χ4n) is 6.74. The van der Waals surface area contributed by atoms with Gasteiger partial charge in [-0.2, -0.15) is 5.10 Å². The number of benzene rings is 5. The number of nitrogens with zero attached hydrogens (tertiary/aromatic N) is 4. The summed E-state index contributed by atoms with van der Waals surface area (Å²) in [6, 6.07) is 36.2. The van der Waals surface area contributed by atoms with Gasteiger partial charge in [0.05, 0.1) is 5.02 Å². The Bertz CT molecular complexity index is 2230. The summed E-state index contributed by atoms with van der Waals surface area (Å²) in [7, 11) is 0. The Morgan fingerprint density at radius 3 is 1.94 bits per heavy atom. The lowest BCUT2D eigenvalue weighted by molar-refractivity contribution is 0.116. The number of hydrogen-bond acceptors (Lipinski definition) is 6. The van der Waals surface area contributed by atoms with Gasteiger partial charge in [-0.3, -0.25) is 5.32 Å². The van der Waals surface area contributed by atoms with Crippen LogP contribution in [0.5, 0.6) is 5.88 Å². The van der Waals surface area contributed by atoms with Crippen LogP contribution in [-0.4, -0.2) is 31.1 Å². The van der Waals surface area contributed by atoms with Crippen LogP contribution in [0.4, 0.5) is 13.2 Å². The zero-order valence-electron chi connectivity index (χ0n) is 28.6. The van der Waals surface area contributed by atoms with Crippen molar-refractivity contribution >= 4 is 22.4 Å². The highest BCUT2D eigenvalue weighted by molar-refractivity contribution is 6.30. The van der Waals surface area contributed by atoms with Crippen molar-refractivity contribution in [1.82, 2.24) is 25.1 Å². The Morgan fingerprint density at radius 2 is 1.36 bits per heavy atom. The van der Waals surface area contributed by atoms with Crippen LogP contribution in [0.3, 0.4) is 0 Å². The Hall–Kier alpha value is -5.55. The summed E-state index contributed by atoms with van der Waals surface area (Å²) in [6.07, 6.45) is 2.93. The van der Waals surface area contributed by atoms with E-state index in [0.717, 1.165) is 34.4 Å². The van der Waals surface area contributed by atoms with Gasteiger partial charge in [0.2, 0.25) is 5.88 Å². The molecule has 0 amide bonds. The van der Waals surface area contributed by atoms with Crippen molar-refractivity contribution < 1.29 is 23.0 Å². The molecule has 0 saturated heterocycles. The van der Waals surface area contributed by atoms with Gasteiger partial charge in [-0.25, -0.2) is 27.8 Å². The summed E-state index contributed by atoms with van der Waals surface area (Å²) >= 11 is 5.90. The molecule has 2 unspecified atom stereocenters. The lowest BCUT2D eigenvalue weighted by Crippen LogP contribution is -2.38. The molecule has 0 saturated carbocycles. The Balaban J connectivity index is 1.16. The average Bonchev–Trinajstić information content (AvgIpc) is 3.65. The minimum absolute atomic E-state index is 0.0104. The van der Waals surface area contributed by atoms with Crippen molar-refractivity contribution in [3.8, 4) is 5.88 Å². The van der Waals surface area contributed by atoms with Crippen LogP contribution in [0.15, 0.2) is 134 Å². The quantitative estimate of drug-likeness (QED) is 0.0910. The van der Waals surface area contributed by atoms with E-state index in [2.05, 4.69) is 51.7 Å². The second kappa shape index (κ2) is 15.6. The number of aliphatic hydroxyl groups excluding tert-OH is 1. The fourth-order valence-corrected chi connectivity index (χ4v) is 6.95. The molecule has 0 fully saturated rings. The van der Waals surface area contributed by atoms with E-state index in [-0.39, 0.29) is 22.9 Å². The van der Waals surface area contributed by atoms with Crippen molar-refractivity contribution in [3.63, 3.8) is 0 Å². The fraction of sp³-hybridized carbons (Fsp3) is 0.167. The molecule has 7 nitrogen and oxygen atoms in total. The number of ether oxygens (including phenoxy) is 1. The molecule has 0 spiro atoms. The summed E-state index contributed by atoms with van der Waals surface area (Å²) in [6.45, 7) is 1.67. The first kappa shape index (κ1) is 35.8. The normalized spacial score (nSPS) is 12.9. The highest BCUT2D eigenvalue weighted by Gasteiger charge is 2.39. The molecule has 0 bridgehead atoms. The predicted octanol–water partition coefficient (Wildman–Crippen LogP) is 8.92. The number of aliphatic hydroxyl groups is 1. The first-order valence-electron chi connectivity index (χ1n) is 17.1. The summed E-state index contributed by atoms with van der Waals surface area (Å²) in [5.41, 5.74) is 3.34. The maximum atomic E-state index is 14.7. The predicted molar refractivity (Wildman–Crippen MR) is 198 cm³/mol. The lowest BCUT2D eigenvalue weighted by atomic mass is 9.77. The smallest absolute Gasteiger partial charge is 0.221 e. The maximum Gasteiger partial charge on any atom is 0.221 e. The van der Waals surface area contributed by atoms with Crippen molar-refractivity contribution in [1.29, 1.82) is 0 Å². The molecular formula is C42H35ClF3N5O2. The van der Waals surface area contributed by atoms with Gasteiger partial charge in [-0.05, 0) is 77.2 Å². The van der Waals surface area contributed by atoms with Crippen LogP contribution in [0.25, 0.3) is 10.8 Å². The number of aromatic nitrogens is 4. The van der Waals surface area contributed by atoms with Crippen molar-refractivity contribution in [3.05, 3.63) is 190 Å². The van der Waals surface area contributed by atoms with Gasteiger partial charge in [-0.15, -0.1) is 0 Å². The molecule has 0 radical (unpaired) electrons. The second-order valence-corrected chi connectivity index (χ2v) is 13.1. The molecular weight excluding hydrogens is 699 g/mol. The monoisotopic (exact) mass is 733 g/mol. The Kier molecular flexibility index (Phi) is 10.5. The van der Waals surface area contributed by atoms with Crippen LogP contribution in [0.2, 0.25) is 5.02 Å². The summed E-state index contributed by atoms with van der Waals surface area (Å²) in [5.74, 6) is -2.18. The van der Waals surface area contributed by atoms with Gasteiger partial charge < -0.3 is 9.84 Å². The molecule has 0 aliphatic rings. The van der Waals surface area contributed by atoms with Crippen molar-refractivity contribution in [2.75, 3.05) is 0 Å². The number of halogens is 4. The van der Waals surface area contributed by atoms with E-state index in [1.807, 2.05) is 59.3 Å². The van der Waals surface area contributed by atoms with Crippen LogP contribution in [0.1, 0.15) is 53.0 Å². The van der Waals surface area contributed by atoms with Gasteiger partial charge >= 0.3 is 0 Å². The third kappa shape index (κ3) is 7.39. The summed E-state index contributed by atoms with van der Waals surface area (Å²) in [4.78, 5) is 9.10. The topological polar surface area (TPSA) is 85.1 Å². The van der Waals surface area contributed by atoms with Crippen LogP contribution in [0, 0.1) is 17.5 Å². The number of hydrogen-bond donors (Lipinski definition) is 2. The molecule has 0 aliphatic carbocycles. The highest BCUT2D eigenvalue weighted by Crippen LogP contribution is 2.40. The summed E-state index contributed by atoms with van der Waals surface area (Å²) in [5, 5.41) is 19.4. The van der Waals surface area contributed by atoms with E-state index in [9.17, 15) is 18.3 Å².